The van der Waals surface area contributed by atoms with Gasteiger partial charge in [0.05, 0.1) is 0 Å². The van der Waals surface area contributed by atoms with Crippen LogP contribution in [0.1, 0.15) is 29.1 Å². The quantitative estimate of drug-likeness (QED) is 0.619. The number of nitrogens with zero attached hydrogens (tertiary/aromatic N) is 1. The van der Waals surface area contributed by atoms with Gasteiger partial charge in [-0.3, -0.25) is 4.90 Å². The summed E-state index contributed by atoms with van der Waals surface area (Å²) in [5, 5.41) is 3.52. The predicted molar refractivity (Wildman–Crippen MR) is 50.9 cm³/mol. The van der Waals surface area contributed by atoms with Crippen molar-refractivity contribution in [1.29, 1.82) is 0 Å². The predicted octanol–water partition coefficient (Wildman–Crippen LogP) is 1.32. The van der Waals surface area contributed by atoms with Gasteiger partial charge in [-0.2, -0.15) is 0 Å². The largest absolute Gasteiger partial charge is 0.309 e. The van der Waals surface area contributed by atoms with Crippen LogP contribution >= 0.6 is 0 Å². The summed E-state index contributed by atoms with van der Waals surface area (Å²) in [4.78, 5) is 2.53. The number of nitrogens with one attached hydrogen (secondary N) is 1. The molecule has 0 aromatic heterocycles. The lowest BCUT2D eigenvalue weighted by molar-refractivity contribution is 0.139. The third kappa shape index (κ3) is 2.46. The minimum absolute atomic E-state index is 0. The molecule has 0 aromatic rings. The third-order valence-corrected chi connectivity index (χ3v) is 2.32. The highest BCUT2D eigenvalue weighted by Crippen LogP contribution is 2.07. The van der Waals surface area contributed by atoms with Gasteiger partial charge in [0.1, 0.15) is 0 Å². The van der Waals surface area contributed by atoms with Crippen molar-refractivity contribution in [3.05, 3.63) is 0 Å². The Hall–Kier alpha value is -0.0800. The zero-order chi connectivity index (χ0) is 8.43. The van der Waals surface area contributed by atoms with Crippen molar-refractivity contribution in [2.75, 3.05) is 13.1 Å². The molecule has 1 rings (SSSR count). The van der Waals surface area contributed by atoms with Gasteiger partial charge in [-0.15, -0.1) is 0 Å². The Bertz CT molecular complexity index is 118. The minimum Gasteiger partial charge on any atom is -0.309 e. The van der Waals surface area contributed by atoms with Crippen molar-refractivity contribution < 1.29 is 1.43 Å². The highest BCUT2D eigenvalue weighted by molar-refractivity contribution is 4.82. The van der Waals surface area contributed by atoms with Gasteiger partial charge in [-0.05, 0) is 27.7 Å². The van der Waals surface area contributed by atoms with E-state index in [-0.39, 0.29) is 1.43 Å². The Morgan fingerprint density at radius 2 is 1.73 bits per heavy atom. The first kappa shape index (κ1) is 9.01. The van der Waals surface area contributed by atoms with Gasteiger partial charge in [-0.25, -0.2) is 0 Å². The van der Waals surface area contributed by atoms with Crippen LogP contribution in [0.5, 0.6) is 0 Å². The lowest BCUT2D eigenvalue weighted by atomic mass is 10.1. The molecule has 0 radical (unpaired) electrons. The van der Waals surface area contributed by atoms with Crippen molar-refractivity contribution >= 4 is 0 Å². The fraction of sp³-hybridized carbons (Fsp3) is 1.00. The van der Waals surface area contributed by atoms with Crippen molar-refractivity contribution in [2.45, 2.75) is 45.8 Å². The van der Waals surface area contributed by atoms with Gasteiger partial charge in [-0.1, -0.05) is 0 Å². The van der Waals surface area contributed by atoms with Gasteiger partial charge >= 0.3 is 0 Å². The van der Waals surface area contributed by atoms with Crippen LogP contribution < -0.4 is 5.32 Å². The van der Waals surface area contributed by atoms with Crippen LogP contribution in [-0.2, 0) is 0 Å². The monoisotopic (exact) mass is 158 g/mol. The van der Waals surface area contributed by atoms with E-state index in [0.29, 0.717) is 18.1 Å². The van der Waals surface area contributed by atoms with E-state index < -0.39 is 0 Å². The summed E-state index contributed by atoms with van der Waals surface area (Å²) in [7, 11) is 0. The highest BCUT2D eigenvalue weighted by Gasteiger charge is 2.21. The van der Waals surface area contributed by atoms with E-state index in [1.54, 1.807) is 0 Å². The average molecular weight is 158 g/mol. The molecule has 1 N–H and O–H groups in total. The molecule has 0 aliphatic carbocycles. The molecule has 0 amide bonds. The van der Waals surface area contributed by atoms with Crippen LogP contribution in [0.4, 0.5) is 0 Å². The zero-order valence-electron chi connectivity index (χ0n) is 8.09. The van der Waals surface area contributed by atoms with Crippen LogP contribution in [-0.4, -0.2) is 36.1 Å². The topological polar surface area (TPSA) is 15.3 Å². The van der Waals surface area contributed by atoms with E-state index in [2.05, 4.69) is 37.9 Å². The van der Waals surface area contributed by atoms with Crippen molar-refractivity contribution in [3.8, 4) is 0 Å². The van der Waals surface area contributed by atoms with Crippen LogP contribution in [0.25, 0.3) is 0 Å². The van der Waals surface area contributed by atoms with Gasteiger partial charge in [0.25, 0.3) is 0 Å². The molecule has 0 saturated carbocycles. The van der Waals surface area contributed by atoms with Crippen molar-refractivity contribution in [3.63, 3.8) is 0 Å². The van der Waals surface area contributed by atoms with Gasteiger partial charge in [0.15, 0.2) is 0 Å². The first-order chi connectivity index (χ1) is 5.09. The summed E-state index contributed by atoms with van der Waals surface area (Å²) in [5.41, 5.74) is 0. The molecular weight excluding hydrogens is 136 g/mol. The second kappa shape index (κ2) is 3.55. The van der Waals surface area contributed by atoms with E-state index in [0.717, 1.165) is 0 Å². The molecule has 1 fully saturated rings. The second-order valence-electron chi connectivity index (χ2n) is 4.02. The second-order valence-corrected chi connectivity index (χ2v) is 4.02. The Morgan fingerprint density at radius 3 is 2.09 bits per heavy atom. The van der Waals surface area contributed by atoms with E-state index in [4.69, 9.17) is 0 Å². The first-order valence-electron chi connectivity index (χ1n) is 4.59. The minimum atomic E-state index is 0. The Kier molecular flexibility index (Phi) is 2.90. The SMILES string of the molecule is CC(C)N1C[C@@H](C)N[C@@H](C)C1.[HH]. The molecule has 1 aliphatic heterocycles. The smallest absolute Gasteiger partial charge is 0.0169 e. The summed E-state index contributed by atoms with van der Waals surface area (Å²) in [6.45, 7) is 11.4. The Balaban J connectivity index is 0.00000121. The number of piperazine rings is 1. The van der Waals surface area contributed by atoms with E-state index in [9.17, 15) is 0 Å². The number of hydrogen-bond donors (Lipinski definition) is 1. The summed E-state index contributed by atoms with van der Waals surface area (Å²) < 4.78 is 0. The molecule has 1 aliphatic rings. The molecule has 1 saturated heterocycles. The summed E-state index contributed by atoms with van der Waals surface area (Å²) in [6, 6.07) is 2.00. The van der Waals surface area contributed by atoms with Crippen LogP contribution in [0.2, 0.25) is 0 Å². The molecule has 2 nitrogen and oxygen atoms in total. The van der Waals surface area contributed by atoms with Crippen LogP contribution in [0.15, 0.2) is 0 Å². The molecule has 0 aromatic carbocycles. The fourth-order valence-electron chi connectivity index (χ4n) is 1.79. The third-order valence-electron chi connectivity index (χ3n) is 2.32. The maximum atomic E-state index is 3.52. The van der Waals surface area contributed by atoms with Gasteiger partial charge in [0.2, 0.25) is 0 Å². The Morgan fingerprint density at radius 1 is 1.27 bits per heavy atom. The lowest BCUT2D eigenvalue weighted by Crippen LogP contribution is -2.55. The van der Waals surface area contributed by atoms with Crippen LogP contribution in [0.3, 0.4) is 0 Å². The highest BCUT2D eigenvalue weighted by atomic mass is 15.2. The normalized spacial score (nSPS) is 34.6. The molecule has 11 heavy (non-hydrogen) atoms. The maximum Gasteiger partial charge on any atom is 0.0169 e. The average Bonchev–Trinajstić information content (AvgIpc) is 1.85. The molecule has 2 atom stereocenters. The van der Waals surface area contributed by atoms with E-state index in [1.165, 1.54) is 13.1 Å². The molecular formula is C9H22N2. The van der Waals surface area contributed by atoms with Crippen molar-refractivity contribution in [1.82, 2.24) is 10.2 Å². The molecule has 0 spiro atoms. The molecule has 2 heteroatoms. The maximum absolute atomic E-state index is 3.52. The van der Waals surface area contributed by atoms with Crippen molar-refractivity contribution in [2.24, 2.45) is 0 Å². The summed E-state index contributed by atoms with van der Waals surface area (Å²) in [5.74, 6) is 0. The summed E-state index contributed by atoms with van der Waals surface area (Å²) in [6.07, 6.45) is 0. The first-order valence-corrected chi connectivity index (χ1v) is 4.59. The lowest BCUT2D eigenvalue weighted by Gasteiger charge is -2.38. The van der Waals surface area contributed by atoms with Gasteiger partial charge in [0, 0.05) is 32.6 Å². The fourth-order valence-corrected chi connectivity index (χ4v) is 1.79. The molecule has 1 heterocycles. The molecule has 0 bridgehead atoms. The summed E-state index contributed by atoms with van der Waals surface area (Å²) >= 11 is 0. The molecule has 68 valence electrons. The zero-order valence-corrected chi connectivity index (χ0v) is 8.09. The number of rotatable bonds is 1. The van der Waals surface area contributed by atoms with Gasteiger partial charge < -0.3 is 5.32 Å². The van der Waals surface area contributed by atoms with E-state index >= 15 is 0 Å². The Labute approximate surface area is 71.4 Å². The molecule has 0 unspecified atom stereocenters. The van der Waals surface area contributed by atoms with Crippen LogP contribution in [0, 0.1) is 0 Å². The van der Waals surface area contributed by atoms with E-state index in [1.807, 2.05) is 0 Å². The standard InChI is InChI=1S/C9H20N2.H2/c1-7(2)11-5-8(3)10-9(4)6-11;/h7-10H,5-6H2,1-4H3;1H/t8-,9+;. The number of hydrogen-bond acceptors (Lipinski definition) is 2.